The van der Waals surface area contributed by atoms with Crippen molar-refractivity contribution in [3.05, 3.63) is 54.1 Å². The van der Waals surface area contributed by atoms with Crippen molar-refractivity contribution in [1.82, 2.24) is 14.9 Å². The van der Waals surface area contributed by atoms with Crippen molar-refractivity contribution in [3.8, 4) is 0 Å². The van der Waals surface area contributed by atoms with Crippen LogP contribution in [0.25, 0.3) is 0 Å². The number of hydrogen-bond acceptors (Lipinski definition) is 3. The quantitative estimate of drug-likeness (QED) is 0.834. The zero-order valence-corrected chi connectivity index (χ0v) is 12.2. The summed E-state index contributed by atoms with van der Waals surface area (Å²) in [5, 5.41) is 3.45. The van der Waals surface area contributed by atoms with E-state index in [4.69, 9.17) is 4.74 Å². The van der Waals surface area contributed by atoms with E-state index < -0.39 is 11.6 Å². The highest BCUT2D eigenvalue weighted by molar-refractivity contribution is 5.22. The number of imidazole rings is 1. The summed E-state index contributed by atoms with van der Waals surface area (Å²) in [6.45, 7) is 2.37. The van der Waals surface area contributed by atoms with Crippen molar-refractivity contribution in [2.75, 3.05) is 13.2 Å². The molecule has 1 aromatic heterocycles. The standard InChI is InChI=1S/C16H19F2N3O/c17-13-3-2-12(10-14(13)18)16-15(4-9-22-16)20-5-1-7-21-8-6-19-11-21/h2-3,6,8,10-11,15-16,20H,1,4-5,7,9H2/t15-,16+/m1/s1. The van der Waals surface area contributed by atoms with E-state index in [0.29, 0.717) is 12.2 Å². The van der Waals surface area contributed by atoms with Gasteiger partial charge in [-0.05, 0) is 37.1 Å². The van der Waals surface area contributed by atoms with Gasteiger partial charge >= 0.3 is 0 Å². The highest BCUT2D eigenvalue weighted by Gasteiger charge is 2.29. The van der Waals surface area contributed by atoms with Crippen molar-refractivity contribution in [2.24, 2.45) is 0 Å². The second-order valence-corrected chi connectivity index (χ2v) is 5.47. The molecule has 0 aliphatic carbocycles. The topological polar surface area (TPSA) is 39.1 Å². The lowest BCUT2D eigenvalue weighted by atomic mass is 10.0. The second-order valence-electron chi connectivity index (χ2n) is 5.47. The molecule has 2 heterocycles. The zero-order valence-electron chi connectivity index (χ0n) is 12.2. The van der Waals surface area contributed by atoms with Gasteiger partial charge < -0.3 is 14.6 Å². The maximum Gasteiger partial charge on any atom is 0.159 e. The third-order valence-electron chi connectivity index (χ3n) is 3.92. The van der Waals surface area contributed by atoms with E-state index in [-0.39, 0.29) is 12.1 Å². The number of ether oxygens (including phenoxy) is 1. The predicted octanol–water partition coefficient (Wildman–Crippen LogP) is 2.67. The lowest BCUT2D eigenvalue weighted by molar-refractivity contribution is 0.0983. The van der Waals surface area contributed by atoms with Crippen LogP contribution >= 0.6 is 0 Å². The van der Waals surface area contributed by atoms with Crippen LogP contribution in [0.15, 0.2) is 36.9 Å². The number of halogens is 2. The molecule has 0 unspecified atom stereocenters. The molecule has 1 aliphatic heterocycles. The molecular formula is C16H19F2N3O. The first-order valence-electron chi connectivity index (χ1n) is 7.50. The van der Waals surface area contributed by atoms with Crippen LogP contribution in [0.2, 0.25) is 0 Å². The lowest BCUT2D eigenvalue weighted by Crippen LogP contribution is -2.33. The molecule has 1 aromatic carbocycles. The van der Waals surface area contributed by atoms with Gasteiger partial charge in [-0.15, -0.1) is 0 Å². The molecule has 118 valence electrons. The van der Waals surface area contributed by atoms with Crippen LogP contribution in [-0.4, -0.2) is 28.7 Å². The van der Waals surface area contributed by atoms with Crippen LogP contribution in [0.4, 0.5) is 8.78 Å². The predicted molar refractivity (Wildman–Crippen MR) is 78.3 cm³/mol. The van der Waals surface area contributed by atoms with Crippen LogP contribution < -0.4 is 5.32 Å². The van der Waals surface area contributed by atoms with Crippen LogP contribution in [0.3, 0.4) is 0 Å². The molecule has 2 atom stereocenters. The van der Waals surface area contributed by atoms with Crippen molar-refractivity contribution in [3.63, 3.8) is 0 Å². The van der Waals surface area contributed by atoms with E-state index in [1.807, 2.05) is 10.8 Å². The highest BCUT2D eigenvalue weighted by atomic mass is 19.2. The Bertz CT molecular complexity index is 603. The van der Waals surface area contributed by atoms with Crippen molar-refractivity contribution < 1.29 is 13.5 Å². The Kier molecular flexibility index (Phi) is 4.80. The maximum atomic E-state index is 13.4. The van der Waals surface area contributed by atoms with Crippen molar-refractivity contribution in [1.29, 1.82) is 0 Å². The smallest absolute Gasteiger partial charge is 0.159 e. The van der Waals surface area contributed by atoms with Crippen LogP contribution in [0.5, 0.6) is 0 Å². The molecule has 3 rings (SSSR count). The minimum absolute atomic E-state index is 0.132. The summed E-state index contributed by atoms with van der Waals surface area (Å²) in [6, 6.07) is 4.11. The Labute approximate surface area is 128 Å². The molecule has 4 nitrogen and oxygen atoms in total. The lowest BCUT2D eigenvalue weighted by Gasteiger charge is -2.20. The molecule has 6 heteroatoms. The number of hydrogen-bond donors (Lipinski definition) is 1. The van der Waals surface area contributed by atoms with E-state index in [1.165, 1.54) is 6.07 Å². The van der Waals surface area contributed by atoms with Gasteiger partial charge in [0.15, 0.2) is 11.6 Å². The van der Waals surface area contributed by atoms with Crippen molar-refractivity contribution in [2.45, 2.75) is 31.5 Å². The Hall–Kier alpha value is -1.79. The third-order valence-corrected chi connectivity index (χ3v) is 3.92. The van der Waals surface area contributed by atoms with Crippen LogP contribution in [0, 0.1) is 11.6 Å². The molecule has 0 radical (unpaired) electrons. The van der Waals surface area contributed by atoms with Gasteiger partial charge in [-0.1, -0.05) is 6.07 Å². The van der Waals surface area contributed by atoms with Gasteiger partial charge in [-0.3, -0.25) is 0 Å². The average Bonchev–Trinajstić information content (AvgIpc) is 3.18. The number of nitrogens with one attached hydrogen (secondary N) is 1. The average molecular weight is 307 g/mol. The Morgan fingerprint density at radius 3 is 3.00 bits per heavy atom. The monoisotopic (exact) mass is 307 g/mol. The van der Waals surface area contributed by atoms with Crippen molar-refractivity contribution >= 4 is 0 Å². The summed E-state index contributed by atoms with van der Waals surface area (Å²) in [5.74, 6) is -1.65. The first-order chi connectivity index (χ1) is 10.7. The minimum Gasteiger partial charge on any atom is -0.372 e. The first-order valence-corrected chi connectivity index (χ1v) is 7.50. The van der Waals surface area contributed by atoms with Gasteiger partial charge in [0.2, 0.25) is 0 Å². The Balaban J connectivity index is 1.53. The molecule has 2 aromatic rings. The van der Waals surface area contributed by atoms with Gasteiger partial charge in [-0.25, -0.2) is 13.8 Å². The highest BCUT2D eigenvalue weighted by Crippen LogP contribution is 2.29. The number of aryl methyl sites for hydroxylation is 1. The van der Waals surface area contributed by atoms with E-state index in [2.05, 4.69) is 10.3 Å². The first kappa shape index (κ1) is 15.1. The van der Waals surface area contributed by atoms with Gasteiger partial charge in [0.1, 0.15) is 0 Å². The number of aromatic nitrogens is 2. The SMILES string of the molecule is Fc1ccc([C@@H]2OCC[C@H]2NCCCn2ccnc2)cc1F. The normalized spacial score (nSPS) is 21.4. The third kappa shape index (κ3) is 3.51. The van der Waals surface area contributed by atoms with E-state index in [1.54, 1.807) is 18.6 Å². The van der Waals surface area contributed by atoms with Gasteiger partial charge in [0, 0.05) is 31.6 Å². The molecule has 22 heavy (non-hydrogen) atoms. The molecule has 0 bridgehead atoms. The second kappa shape index (κ2) is 6.98. The zero-order chi connectivity index (χ0) is 15.4. The van der Waals surface area contributed by atoms with Gasteiger partial charge in [0.25, 0.3) is 0 Å². The number of rotatable bonds is 6. The van der Waals surface area contributed by atoms with E-state index in [0.717, 1.165) is 32.0 Å². The van der Waals surface area contributed by atoms with Gasteiger partial charge in [0.05, 0.1) is 12.4 Å². The van der Waals surface area contributed by atoms with Crippen LogP contribution in [0.1, 0.15) is 24.5 Å². The van der Waals surface area contributed by atoms with Crippen LogP contribution in [-0.2, 0) is 11.3 Å². The fourth-order valence-corrected chi connectivity index (χ4v) is 2.78. The summed E-state index contributed by atoms with van der Waals surface area (Å²) in [5.41, 5.74) is 0.684. The molecular weight excluding hydrogens is 288 g/mol. The largest absolute Gasteiger partial charge is 0.372 e. The summed E-state index contributed by atoms with van der Waals surface area (Å²) in [4.78, 5) is 4.00. The summed E-state index contributed by atoms with van der Waals surface area (Å²) < 4.78 is 34.1. The Morgan fingerprint density at radius 1 is 1.32 bits per heavy atom. The van der Waals surface area contributed by atoms with E-state index in [9.17, 15) is 8.78 Å². The maximum absolute atomic E-state index is 13.4. The fraction of sp³-hybridized carbons (Fsp3) is 0.438. The summed E-state index contributed by atoms with van der Waals surface area (Å²) in [6.07, 6.45) is 7.11. The Morgan fingerprint density at radius 2 is 2.23 bits per heavy atom. The molecule has 0 saturated carbocycles. The molecule has 1 saturated heterocycles. The molecule has 0 amide bonds. The minimum atomic E-state index is -0.827. The number of nitrogens with zero attached hydrogens (tertiary/aromatic N) is 2. The summed E-state index contributed by atoms with van der Waals surface area (Å²) in [7, 11) is 0. The number of benzene rings is 1. The molecule has 0 spiro atoms. The molecule has 1 fully saturated rings. The molecule has 1 N–H and O–H groups in total. The summed E-state index contributed by atoms with van der Waals surface area (Å²) >= 11 is 0. The fourth-order valence-electron chi connectivity index (χ4n) is 2.78. The van der Waals surface area contributed by atoms with Gasteiger partial charge in [-0.2, -0.15) is 0 Å². The molecule has 1 aliphatic rings. The van der Waals surface area contributed by atoms with E-state index >= 15 is 0 Å².